The van der Waals surface area contributed by atoms with Gasteiger partial charge in [0.05, 0.1) is 56.0 Å². The van der Waals surface area contributed by atoms with Crippen LogP contribution in [0.1, 0.15) is 0 Å². The molecule has 182 valence electrons. The van der Waals surface area contributed by atoms with Crippen LogP contribution >= 0.6 is 0 Å². The van der Waals surface area contributed by atoms with E-state index >= 15 is 0 Å². The zero-order valence-electron chi connectivity index (χ0n) is 19.5. The van der Waals surface area contributed by atoms with Crippen molar-refractivity contribution in [1.29, 1.82) is 0 Å². The number of carbonyl (C=O) groups excluding carboxylic acids is 1. The van der Waals surface area contributed by atoms with Gasteiger partial charge in [-0.25, -0.2) is 15.0 Å². The predicted octanol–water partition coefficient (Wildman–Crippen LogP) is 2.73. The average molecular weight is 479 g/mol. The second-order valence-corrected chi connectivity index (χ2v) is 7.28. The van der Waals surface area contributed by atoms with E-state index in [2.05, 4.69) is 30.7 Å². The molecule has 1 amide bonds. The monoisotopic (exact) mass is 479 g/mol. The Morgan fingerprint density at radius 2 is 1.86 bits per heavy atom. The van der Waals surface area contributed by atoms with Crippen LogP contribution in [-0.4, -0.2) is 65.1 Å². The van der Waals surface area contributed by atoms with Gasteiger partial charge < -0.3 is 29.6 Å². The van der Waals surface area contributed by atoms with Gasteiger partial charge in [-0.2, -0.15) is 5.10 Å². The summed E-state index contributed by atoms with van der Waals surface area (Å²) in [7, 11) is 4.74. The zero-order valence-corrected chi connectivity index (χ0v) is 19.5. The van der Waals surface area contributed by atoms with E-state index in [1.807, 2.05) is 6.07 Å². The Kier molecular flexibility index (Phi) is 7.53. The molecule has 0 saturated carbocycles. The average Bonchev–Trinajstić information content (AvgIpc) is 3.31. The van der Waals surface area contributed by atoms with Crippen LogP contribution in [0.2, 0.25) is 0 Å². The highest BCUT2D eigenvalue weighted by atomic mass is 16.5. The number of fused-ring (bicyclic) bond motifs is 1. The number of anilines is 2. The molecule has 0 fully saturated rings. The molecule has 0 unspecified atom stereocenters. The fraction of sp³-hybridized carbons (Fsp3) is 0.261. The molecule has 2 N–H and O–H groups in total. The van der Waals surface area contributed by atoms with Gasteiger partial charge in [-0.1, -0.05) is 0 Å². The van der Waals surface area contributed by atoms with Gasteiger partial charge in [0.1, 0.15) is 18.7 Å². The lowest BCUT2D eigenvalue weighted by molar-refractivity contribution is -0.116. The Labute approximate surface area is 201 Å². The first-order valence-corrected chi connectivity index (χ1v) is 10.7. The van der Waals surface area contributed by atoms with Crippen LogP contribution in [0.4, 0.5) is 11.5 Å². The summed E-state index contributed by atoms with van der Waals surface area (Å²) in [5.41, 5.74) is 1.47. The number of hydrogen-bond acceptors (Lipinski definition) is 10. The number of pyridine rings is 1. The van der Waals surface area contributed by atoms with E-state index in [0.29, 0.717) is 53.0 Å². The standard InChI is InChI=1S/C23H25N7O5/c1-32-7-6-24-15-4-5-21(25-10-15)29-22(31)13-30-12-16(11-28-30)35-23-17-8-19(33-2)20(34-3)9-18(17)26-14-27-23/h4-5,8-12,14,24H,6-7,13H2,1-3H3,(H,25,29,31). The van der Waals surface area contributed by atoms with E-state index in [4.69, 9.17) is 18.9 Å². The Bertz CT molecular complexity index is 1290. The maximum absolute atomic E-state index is 12.4. The number of aromatic nitrogens is 5. The molecule has 4 aromatic rings. The van der Waals surface area contributed by atoms with Crippen molar-refractivity contribution in [2.45, 2.75) is 6.54 Å². The molecule has 0 aliphatic carbocycles. The SMILES string of the molecule is COCCNc1ccc(NC(=O)Cn2cc(Oc3ncnc4cc(OC)c(OC)cc34)cn2)nc1. The lowest BCUT2D eigenvalue weighted by atomic mass is 10.2. The minimum atomic E-state index is -0.281. The fourth-order valence-electron chi connectivity index (χ4n) is 3.24. The van der Waals surface area contributed by atoms with Gasteiger partial charge in [-0.3, -0.25) is 9.48 Å². The number of benzene rings is 1. The molecule has 0 bridgehead atoms. The van der Waals surface area contributed by atoms with Crippen LogP contribution in [0.15, 0.2) is 49.2 Å². The van der Waals surface area contributed by atoms with E-state index in [9.17, 15) is 4.79 Å². The van der Waals surface area contributed by atoms with Crippen molar-refractivity contribution in [2.75, 3.05) is 45.1 Å². The van der Waals surface area contributed by atoms with Gasteiger partial charge in [0.25, 0.3) is 0 Å². The Hall–Kier alpha value is -4.45. The Balaban J connectivity index is 1.39. The quantitative estimate of drug-likeness (QED) is 0.309. The molecule has 0 radical (unpaired) electrons. The van der Waals surface area contributed by atoms with Crippen molar-refractivity contribution in [3.63, 3.8) is 0 Å². The van der Waals surface area contributed by atoms with Crippen LogP contribution in [0, 0.1) is 0 Å². The van der Waals surface area contributed by atoms with Crippen LogP contribution in [0.5, 0.6) is 23.1 Å². The second-order valence-electron chi connectivity index (χ2n) is 7.28. The van der Waals surface area contributed by atoms with Crippen molar-refractivity contribution in [3.8, 4) is 23.1 Å². The number of rotatable bonds is 11. The molecule has 3 heterocycles. The number of carbonyl (C=O) groups is 1. The van der Waals surface area contributed by atoms with E-state index in [-0.39, 0.29) is 12.5 Å². The Morgan fingerprint density at radius 1 is 1.03 bits per heavy atom. The number of methoxy groups -OCH3 is 3. The van der Waals surface area contributed by atoms with Crippen molar-refractivity contribution in [3.05, 3.63) is 49.2 Å². The van der Waals surface area contributed by atoms with E-state index < -0.39 is 0 Å². The summed E-state index contributed by atoms with van der Waals surface area (Å²) >= 11 is 0. The van der Waals surface area contributed by atoms with E-state index in [0.717, 1.165) is 5.69 Å². The van der Waals surface area contributed by atoms with Crippen molar-refractivity contribution >= 4 is 28.3 Å². The molecule has 12 heteroatoms. The number of nitrogens with one attached hydrogen (secondary N) is 2. The van der Waals surface area contributed by atoms with Crippen LogP contribution in [0.3, 0.4) is 0 Å². The van der Waals surface area contributed by atoms with Crippen molar-refractivity contribution in [2.24, 2.45) is 0 Å². The van der Waals surface area contributed by atoms with Gasteiger partial charge >= 0.3 is 0 Å². The van der Waals surface area contributed by atoms with Crippen LogP contribution < -0.4 is 24.8 Å². The number of ether oxygens (including phenoxy) is 4. The van der Waals surface area contributed by atoms with Crippen molar-refractivity contribution < 1.29 is 23.7 Å². The second kappa shape index (κ2) is 11.1. The molecule has 0 spiro atoms. The summed E-state index contributed by atoms with van der Waals surface area (Å²) in [6, 6.07) is 7.03. The summed E-state index contributed by atoms with van der Waals surface area (Å²) in [5.74, 6) is 1.97. The lowest BCUT2D eigenvalue weighted by Crippen LogP contribution is -2.19. The Morgan fingerprint density at radius 3 is 2.60 bits per heavy atom. The molecular weight excluding hydrogens is 454 g/mol. The molecular formula is C23H25N7O5. The highest BCUT2D eigenvalue weighted by Crippen LogP contribution is 2.35. The normalized spacial score (nSPS) is 10.7. The maximum Gasteiger partial charge on any atom is 0.247 e. The number of hydrogen-bond donors (Lipinski definition) is 2. The molecule has 12 nitrogen and oxygen atoms in total. The summed E-state index contributed by atoms with van der Waals surface area (Å²) in [6.07, 6.45) is 6.14. The third-order valence-electron chi connectivity index (χ3n) is 4.90. The highest BCUT2D eigenvalue weighted by Gasteiger charge is 2.14. The minimum Gasteiger partial charge on any atom is -0.493 e. The molecule has 0 saturated heterocycles. The van der Waals surface area contributed by atoms with Gasteiger partial charge in [-0.05, 0) is 18.2 Å². The highest BCUT2D eigenvalue weighted by molar-refractivity contribution is 5.89. The molecule has 4 rings (SSSR count). The summed E-state index contributed by atoms with van der Waals surface area (Å²) < 4.78 is 23.0. The van der Waals surface area contributed by atoms with E-state index in [1.54, 1.807) is 51.9 Å². The molecule has 0 aliphatic rings. The molecule has 0 aliphatic heterocycles. The fourth-order valence-corrected chi connectivity index (χ4v) is 3.24. The lowest BCUT2D eigenvalue weighted by Gasteiger charge is -2.10. The van der Waals surface area contributed by atoms with Crippen molar-refractivity contribution in [1.82, 2.24) is 24.7 Å². The van der Waals surface area contributed by atoms with Gasteiger partial charge in [0.15, 0.2) is 17.2 Å². The molecule has 0 atom stereocenters. The minimum absolute atomic E-state index is 0.0194. The summed E-state index contributed by atoms with van der Waals surface area (Å²) in [5, 5.41) is 10.7. The van der Waals surface area contributed by atoms with Gasteiger partial charge in [0.2, 0.25) is 11.8 Å². The predicted molar refractivity (Wildman–Crippen MR) is 128 cm³/mol. The summed E-state index contributed by atoms with van der Waals surface area (Å²) in [6.45, 7) is 1.24. The smallest absolute Gasteiger partial charge is 0.247 e. The topological polar surface area (TPSA) is 135 Å². The van der Waals surface area contributed by atoms with Gasteiger partial charge in [0, 0.05) is 19.7 Å². The largest absolute Gasteiger partial charge is 0.493 e. The first-order valence-electron chi connectivity index (χ1n) is 10.7. The zero-order chi connectivity index (χ0) is 24.6. The third-order valence-corrected chi connectivity index (χ3v) is 4.90. The number of amides is 1. The third kappa shape index (κ3) is 5.92. The van der Waals surface area contributed by atoms with Crippen LogP contribution in [0.25, 0.3) is 10.9 Å². The summed E-state index contributed by atoms with van der Waals surface area (Å²) in [4.78, 5) is 25.1. The van der Waals surface area contributed by atoms with Gasteiger partial charge in [-0.15, -0.1) is 0 Å². The number of nitrogens with zero attached hydrogens (tertiary/aromatic N) is 5. The first-order chi connectivity index (χ1) is 17.1. The molecule has 3 aromatic heterocycles. The van der Waals surface area contributed by atoms with E-state index in [1.165, 1.54) is 17.2 Å². The van der Waals surface area contributed by atoms with Crippen LogP contribution in [-0.2, 0) is 16.1 Å². The maximum atomic E-state index is 12.4. The molecule has 1 aromatic carbocycles. The molecule has 35 heavy (non-hydrogen) atoms. The first kappa shape index (κ1) is 23.7.